The zero-order valence-corrected chi connectivity index (χ0v) is 11.3. The second kappa shape index (κ2) is 5.68. The Balaban J connectivity index is 2.77. The van der Waals surface area contributed by atoms with Crippen LogP contribution in [0.3, 0.4) is 0 Å². The van der Waals surface area contributed by atoms with Crippen LogP contribution < -0.4 is 0 Å². The fourth-order valence-corrected chi connectivity index (χ4v) is 2.76. The molecule has 1 fully saturated rings. The third kappa shape index (κ3) is 3.22. The molecule has 0 spiro atoms. The van der Waals surface area contributed by atoms with Gasteiger partial charge < -0.3 is 0 Å². The van der Waals surface area contributed by atoms with E-state index in [2.05, 4.69) is 38.7 Å². The van der Waals surface area contributed by atoms with Crippen molar-refractivity contribution in [3.63, 3.8) is 0 Å². The summed E-state index contributed by atoms with van der Waals surface area (Å²) in [4.78, 5) is 2.45. The summed E-state index contributed by atoms with van der Waals surface area (Å²) in [5, 5.41) is 9.52. The van der Waals surface area contributed by atoms with Gasteiger partial charge >= 0.3 is 0 Å². The molecule has 0 bridgehead atoms. The number of nitrogens with zero attached hydrogens (tertiary/aromatic N) is 2. The van der Waals surface area contributed by atoms with Crippen LogP contribution >= 0.6 is 0 Å². The van der Waals surface area contributed by atoms with Gasteiger partial charge in [0.15, 0.2) is 0 Å². The van der Waals surface area contributed by atoms with Gasteiger partial charge in [-0.2, -0.15) is 5.26 Å². The minimum absolute atomic E-state index is 0.144. The summed E-state index contributed by atoms with van der Waals surface area (Å²) in [5.41, 5.74) is -0.144. The maximum atomic E-state index is 9.52. The zero-order chi connectivity index (χ0) is 12.2. The molecule has 1 saturated carbocycles. The Morgan fingerprint density at radius 2 is 1.50 bits per heavy atom. The number of rotatable bonds is 5. The highest BCUT2D eigenvalue weighted by atomic mass is 15.2. The van der Waals surface area contributed by atoms with Crippen LogP contribution in [0.15, 0.2) is 0 Å². The lowest BCUT2D eigenvalue weighted by Crippen LogP contribution is -2.48. The molecule has 0 aromatic carbocycles. The van der Waals surface area contributed by atoms with E-state index in [4.69, 9.17) is 0 Å². The van der Waals surface area contributed by atoms with Gasteiger partial charge in [-0.3, -0.25) is 4.90 Å². The van der Waals surface area contributed by atoms with Crippen molar-refractivity contribution in [3.05, 3.63) is 0 Å². The summed E-state index contributed by atoms with van der Waals surface area (Å²) in [6, 6.07) is 2.61. The van der Waals surface area contributed by atoms with Gasteiger partial charge in [0.05, 0.1) is 6.07 Å². The van der Waals surface area contributed by atoms with Gasteiger partial charge in [-0.1, -0.05) is 40.5 Å². The molecular formula is C14H26N2. The number of nitriles is 1. The molecule has 1 rings (SSSR count). The average Bonchev–Trinajstić information content (AvgIpc) is 2.64. The van der Waals surface area contributed by atoms with Crippen molar-refractivity contribution in [2.75, 3.05) is 13.1 Å². The van der Waals surface area contributed by atoms with Crippen molar-refractivity contribution < 1.29 is 0 Å². The summed E-state index contributed by atoms with van der Waals surface area (Å²) < 4.78 is 0. The molecule has 0 amide bonds. The lowest BCUT2D eigenvalue weighted by Gasteiger charge is -2.38. The summed E-state index contributed by atoms with van der Waals surface area (Å²) in [5.74, 6) is 1.29. The highest BCUT2D eigenvalue weighted by Crippen LogP contribution is 2.35. The second-order valence-corrected chi connectivity index (χ2v) is 6.04. The minimum atomic E-state index is -0.144. The first-order valence-electron chi connectivity index (χ1n) is 6.66. The molecule has 0 atom stereocenters. The van der Waals surface area contributed by atoms with Crippen LogP contribution in [0.2, 0.25) is 0 Å². The van der Waals surface area contributed by atoms with Crippen molar-refractivity contribution in [2.45, 2.75) is 58.9 Å². The fourth-order valence-electron chi connectivity index (χ4n) is 2.76. The summed E-state index contributed by atoms with van der Waals surface area (Å²) >= 11 is 0. The molecule has 2 nitrogen and oxygen atoms in total. The Morgan fingerprint density at radius 1 is 1.06 bits per heavy atom. The highest BCUT2D eigenvalue weighted by molar-refractivity contribution is 5.11. The van der Waals surface area contributed by atoms with Crippen molar-refractivity contribution >= 4 is 0 Å². The van der Waals surface area contributed by atoms with Crippen LogP contribution in [0, 0.1) is 23.2 Å². The molecule has 1 aliphatic carbocycles. The topological polar surface area (TPSA) is 27.0 Å². The molecule has 0 unspecified atom stereocenters. The Hall–Kier alpha value is -0.550. The molecule has 0 saturated heterocycles. The van der Waals surface area contributed by atoms with Crippen LogP contribution in [0.4, 0.5) is 0 Å². The van der Waals surface area contributed by atoms with E-state index in [0.717, 1.165) is 25.9 Å². The quantitative estimate of drug-likeness (QED) is 0.712. The molecule has 2 heteroatoms. The Kier molecular flexibility index (Phi) is 4.80. The van der Waals surface area contributed by atoms with E-state index in [1.807, 2.05) is 0 Å². The van der Waals surface area contributed by atoms with E-state index in [1.54, 1.807) is 0 Å². The third-order valence-electron chi connectivity index (χ3n) is 3.42. The van der Waals surface area contributed by atoms with Crippen LogP contribution in [0.1, 0.15) is 53.4 Å². The number of hydrogen-bond donors (Lipinski definition) is 0. The SMILES string of the molecule is CC(C)CN(CC(C)C)C1(C#N)CCCC1. The monoisotopic (exact) mass is 222 g/mol. The Labute approximate surface area is 101 Å². The van der Waals surface area contributed by atoms with E-state index in [9.17, 15) is 5.26 Å². The summed E-state index contributed by atoms with van der Waals surface area (Å²) in [7, 11) is 0. The van der Waals surface area contributed by atoms with E-state index >= 15 is 0 Å². The van der Waals surface area contributed by atoms with E-state index in [0.29, 0.717) is 11.8 Å². The molecule has 0 aromatic rings. The first-order valence-corrected chi connectivity index (χ1v) is 6.66. The summed E-state index contributed by atoms with van der Waals surface area (Å²) in [6.07, 6.45) is 4.59. The predicted molar refractivity (Wildman–Crippen MR) is 68.1 cm³/mol. The molecule has 0 aromatic heterocycles. The van der Waals surface area contributed by atoms with Crippen molar-refractivity contribution in [3.8, 4) is 6.07 Å². The smallest absolute Gasteiger partial charge is 0.109 e. The van der Waals surface area contributed by atoms with Gasteiger partial charge in [-0.05, 0) is 24.7 Å². The van der Waals surface area contributed by atoms with Gasteiger partial charge in [0.1, 0.15) is 5.54 Å². The first kappa shape index (κ1) is 13.5. The predicted octanol–water partition coefficient (Wildman–Crippen LogP) is 3.44. The average molecular weight is 222 g/mol. The third-order valence-corrected chi connectivity index (χ3v) is 3.42. The standard InChI is InChI=1S/C14H26N2/c1-12(2)9-16(10-13(3)4)14(11-15)7-5-6-8-14/h12-13H,5-10H2,1-4H3. The molecule has 1 aliphatic rings. The molecule has 16 heavy (non-hydrogen) atoms. The van der Waals surface area contributed by atoms with Gasteiger partial charge in [-0.25, -0.2) is 0 Å². The zero-order valence-electron chi connectivity index (χ0n) is 11.3. The van der Waals surface area contributed by atoms with Crippen molar-refractivity contribution in [2.24, 2.45) is 11.8 Å². The van der Waals surface area contributed by atoms with E-state index in [-0.39, 0.29) is 5.54 Å². The Morgan fingerprint density at radius 3 is 1.81 bits per heavy atom. The largest absolute Gasteiger partial charge is 0.285 e. The van der Waals surface area contributed by atoms with Crippen LogP contribution in [0.25, 0.3) is 0 Å². The van der Waals surface area contributed by atoms with Crippen LogP contribution in [-0.2, 0) is 0 Å². The lowest BCUT2D eigenvalue weighted by molar-refractivity contribution is 0.109. The maximum Gasteiger partial charge on any atom is 0.109 e. The molecule has 0 heterocycles. The normalized spacial score (nSPS) is 19.6. The Bertz CT molecular complexity index is 234. The van der Waals surface area contributed by atoms with Gasteiger partial charge in [-0.15, -0.1) is 0 Å². The molecule has 0 N–H and O–H groups in total. The van der Waals surface area contributed by atoms with E-state index in [1.165, 1.54) is 12.8 Å². The minimum Gasteiger partial charge on any atom is -0.285 e. The highest BCUT2D eigenvalue weighted by Gasteiger charge is 2.39. The first-order chi connectivity index (χ1) is 7.50. The fraction of sp³-hybridized carbons (Fsp3) is 0.929. The number of hydrogen-bond acceptors (Lipinski definition) is 2. The molecule has 0 aliphatic heterocycles. The van der Waals surface area contributed by atoms with Gasteiger partial charge in [0.2, 0.25) is 0 Å². The van der Waals surface area contributed by atoms with E-state index < -0.39 is 0 Å². The second-order valence-electron chi connectivity index (χ2n) is 6.04. The van der Waals surface area contributed by atoms with Crippen LogP contribution in [-0.4, -0.2) is 23.5 Å². The van der Waals surface area contributed by atoms with Gasteiger partial charge in [0, 0.05) is 13.1 Å². The maximum absolute atomic E-state index is 9.52. The molecule has 0 radical (unpaired) electrons. The van der Waals surface area contributed by atoms with Crippen molar-refractivity contribution in [1.82, 2.24) is 4.90 Å². The summed E-state index contributed by atoms with van der Waals surface area (Å²) in [6.45, 7) is 11.1. The lowest BCUT2D eigenvalue weighted by atomic mass is 9.94. The molecule has 92 valence electrons. The van der Waals surface area contributed by atoms with Gasteiger partial charge in [0.25, 0.3) is 0 Å². The molecular weight excluding hydrogens is 196 g/mol. The van der Waals surface area contributed by atoms with Crippen molar-refractivity contribution in [1.29, 1.82) is 5.26 Å². The van der Waals surface area contributed by atoms with Crippen LogP contribution in [0.5, 0.6) is 0 Å².